The highest BCUT2D eigenvalue weighted by Gasteiger charge is 2.33. The van der Waals surface area contributed by atoms with Gasteiger partial charge in [-0.2, -0.15) is 0 Å². The van der Waals surface area contributed by atoms with E-state index in [1.165, 1.54) is 11.3 Å². The maximum atomic E-state index is 13.4. The van der Waals surface area contributed by atoms with Crippen LogP contribution < -0.4 is 9.47 Å². The second-order valence-electron chi connectivity index (χ2n) is 7.30. The van der Waals surface area contributed by atoms with Crippen molar-refractivity contribution < 1.29 is 14.3 Å². The smallest absolute Gasteiger partial charge is 0.205 e. The Morgan fingerprint density at radius 3 is 2.83 bits per heavy atom. The van der Waals surface area contributed by atoms with E-state index in [2.05, 4.69) is 9.38 Å². The molecule has 1 aromatic carbocycles. The van der Waals surface area contributed by atoms with Crippen LogP contribution in [0.3, 0.4) is 0 Å². The number of ketones is 1. The molecular weight excluding hydrogens is 406 g/mol. The van der Waals surface area contributed by atoms with E-state index in [9.17, 15) is 4.79 Å². The second kappa shape index (κ2) is 6.40. The first kappa shape index (κ1) is 17.2. The van der Waals surface area contributed by atoms with Gasteiger partial charge in [0.25, 0.3) is 0 Å². The minimum Gasteiger partial charge on any atom is -0.486 e. The van der Waals surface area contributed by atoms with E-state index in [-0.39, 0.29) is 5.78 Å². The highest BCUT2D eigenvalue weighted by Crippen LogP contribution is 2.45. The first-order valence-corrected chi connectivity index (χ1v) is 11.3. The van der Waals surface area contributed by atoms with Gasteiger partial charge in [-0.3, -0.25) is 9.20 Å². The van der Waals surface area contributed by atoms with Crippen molar-refractivity contribution in [2.24, 2.45) is 0 Å². The van der Waals surface area contributed by atoms with Gasteiger partial charge in [-0.1, -0.05) is 0 Å². The summed E-state index contributed by atoms with van der Waals surface area (Å²) in [5.41, 5.74) is 3.45. The van der Waals surface area contributed by atoms with Gasteiger partial charge in [-0.05, 0) is 38.0 Å². The number of fused-ring (bicyclic) bond motifs is 2. The van der Waals surface area contributed by atoms with Crippen molar-refractivity contribution in [2.75, 3.05) is 13.2 Å². The van der Waals surface area contributed by atoms with Crippen molar-refractivity contribution in [1.82, 2.24) is 14.4 Å². The number of ether oxygens (including phenoxy) is 2. The van der Waals surface area contributed by atoms with Gasteiger partial charge in [0, 0.05) is 23.1 Å². The molecule has 8 heteroatoms. The summed E-state index contributed by atoms with van der Waals surface area (Å²) in [6.45, 7) is 3.03. The Labute approximate surface area is 174 Å². The van der Waals surface area contributed by atoms with Crippen LogP contribution in [0.4, 0.5) is 0 Å². The third kappa shape index (κ3) is 2.78. The minimum absolute atomic E-state index is 0.00338. The maximum Gasteiger partial charge on any atom is 0.205 e. The van der Waals surface area contributed by atoms with Crippen LogP contribution in [0.5, 0.6) is 11.5 Å². The Bertz CT molecular complexity index is 1270. The Hall–Kier alpha value is -2.71. The van der Waals surface area contributed by atoms with Crippen LogP contribution in [-0.4, -0.2) is 33.4 Å². The van der Waals surface area contributed by atoms with Gasteiger partial charge in [-0.15, -0.1) is 22.7 Å². The number of rotatable bonds is 4. The number of imidazole rings is 1. The molecule has 0 N–H and O–H groups in total. The lowest BCUT2D eigenvalue weighted by Gasteiger charge is -2.18. The van der Waals surface area contributed by atoms with Crippen LogP contribution in [0.25, 0.3) is 15.7 Å². The number of benzene rings is 1. The van der Waals surface area contributed by atoms with E-state index in [1.54, 1.807) is 17.4 Å². The molecule has 1 fully saturated rings. The summed E-state index contributed by atoms with van der Waals surface area (Å²) in [5.74, 6) is 1.69. The molecule has 146 valence electrons. The van der Waals surface area contributed by atoms with Gasteiger partial charge in [0.2, 0.25) is 5.78 Å². The van der Waals surface area contributed by atoms with E-state index in [4.69, 9.17) is 14.5 Å². The second-order valence-corrected chi connectivity index (χ2v) is 9.17. The van der Waals surface area contributed by atoms with Crippen LogP contribution in [0.2, 0.25) is 0 Å². The summed E-state index contributed by atoms with van der Waals surface area (Å²) in [6.07, 6.45) is 4.18. The molecule has 1 aliphatic heterocycles. The van der Waals surface area contributed by atoms with Gasteiger partial charge < -0.3 is 9.47 Å². The highest BCUT2D eigenvalue weighted by molar-refractivity contribution is 7.17. The minimum atomic E-state index is -0.00338. The van der Waals surface area contributed by atoms with E-state index >= 15 is 0 Å². The average molecular weight is 424 g/mol. The van der Waals surface area contributed by atoms with Crippen LogP contribution in [0, 0.1) is 6.92 Å². The normalized spacial score (nSPS) is 15.8. The molecule has 0 unspecified atom stereocenters. The molecule has 29 heavy (non-hydrogen) atoms. The predicted octanol–water partition coefficient (Wildman–Crippen LogP) is 4.71. The third-order valence-corrected chi connectivity index (χ3v) is 7.10. The maximum absolute atomic E-state index is 13.4. The molecule has 6 rings (SSSR count). The number of carbonyl (C=O) groups excluding carboxylic acids is 1. The van der Waals surface area contributed by atoms with E-state index < -0.39 is 0 Å². The number of aryl methyl sites for hydroxylation is 1. The van der Waals surface area contributed by atoms with Gasteiger partial charge >= 0.3 is 0 Å². The van der Waals surface area contributed by atoms with E-state index in [0.29, 0.717) is 36.2 Å². The number of nitrogens with zero attached hydrogens (tertiary/aromatic N) is 3. The van der Waals surface area contributed by atoms with Crippen LogP contribution >= 0.6 is 22.7 Å². The highest BCUT2D eigenvalue weighted by atomic mass is 32.1. The predicted molar refractivity (Wildman–Crippen MR) is 112 cm³/mol. The third-order valence-electron chi connectivity index (χ3n) is 5.27. The molecular formula is C21H17N3O3S2. The number of hydrogen-bond acceptors (Lipinski definition) is 7. The lowest BCUT2D eigenvalue weighted by atomic mass is 10.1. The molecule has 0 bridgehead atoms. The zero-order valence-corrected chi connectivity index (χ0v) is 17.3. The van der Waals surface area contributed by atoms with Crippen LogP contribution in [0.1, 0.15) is 45.4 Å². The quantitative estimate of drug-likeness (QED) is 0.445. The van der Waals surface area contributed by atoms with E-state index in [0.717, 1.165) is 44.8 Å². The molecule has 0 spiro atoms. The molecule has 4 aromatic rings. The van der Waals surface area contributed by atoms with Crippen molar-refractivity contribution in [3.8, 4) is 22.2 Å². The molecule has 1 aliphatic carbocycles. The number of carbonyl (C=O) groups is 1. The largest absolute Gasteiger partial charge is 0.486 e. The van der Waals surface area contributed by atoms with Gasteiger partial charge in [-0.25, -0.2) is 9.97 Å². The average Bonchev–Trinajstić information content (AvgIpc) is 3.20. The number of thiazole rings is 2. The zero-order valence-electron chi connectivity index (χ0n) is 15.7. The molecule has 2 aliphatic rings. The van der Waals surface area contributed by atoms with Crippen LogP contribution in [-0.2, 0) is 0 Å². The number of aromatic nitrogens is 3. The lowest BCUT2D eigenvalue weighted by molar-refractivity contribution is 0.104. The molecule has 1 saturated carbocycles. The summed E-state index contributed by atoms with van der Waals surface area (Å²) >= 11 is 3.07. The van der Waals surface area contributed by atoms with Crippen molar-refractivity contribution in [3.05, 3.63) is 51.6 Å². The lowest BCUT2D eigenvalue weighted by Crippen LogP contribution is -2.16. The molecule has 0 amide bonds. The Balaban J connectivity index is 1.45. The number of hydrogen-bond donors (Lipinski definition) is 0. The first-order chi connectivity index (χ1) is 14.2. The summed E-state index contributed by atoms with van der Waals surface area (Å²) in [4.78, 5) is 24.6. The SMILES string of the molecule is Cc1nc2sccn2c1-c1nc(C2CC2)c(C(=O)c2ccc3c(c2)OCCO3)s1. The summed E-state index contributed by atoms with van der Waals surface area (Å²) in [7, 11) is 0. The molecule has 3 aromatic heterocycles. The Kier molecular flexibility index (Phi) is 3.79. The van der Waals surface area contributed by atoms with Crippen molar-refractivity contribution in [1.29, 1.82) is 0 Å². The topological polar surface area (TPSA) is 65.7 Å². The van der Waals surface area contributed by atoms with E-state index in [1.807, 2.05) is 30.6 Å². The van der Waals surface area contributed by atoms with Crippen molar-refractivity contribution in [2.45, 2.75) is 25.7 Å². The summed E-state index contributed by atoms with van der Waals surface area (Å²) in [6, 6.07) is 5.41. The standard InChI is InChI=1S/C21H17N3O3S2/c1-11-17(24-6-9-28-21(24)22-11)20-23-16(12-2-3-12)19(29-20)18(25)13-4-5-14-15(10-13)27-8-7-26-14/h4-6,9-10,12H,2-3,7-8H2,1H3. The monoisotopic (exact) mass is 423 g/mol. The fourth-order valence-corrected chi connectivity index (χ4v) is 5.66. The fraction of sp³-hybridized carbons (Fsp3) is 0.286. The molecule has 0 atom stereocenters. The molecule has 4 heterocycles. The zero-order chi connectivity index (χ0) is 19.5. The Morgan fingerprint density at radius 1 is 1.17 bits per heavy atom. The molecule has 0 radical (unpaired) electrons. The Morgan fingerprint density at radius 2 is 2.00 bits per heavy atom. The summed E-state index contributed by atoms with van der Waals surface area (Å²) < 4.78 is 13.3. The van der Waals surface area contributed by atoms with Gasteiger partial charge in [0.1, 0.15) is 23.9 Å². The van der Waals surface area contributed by atoms with Crippen LogP contribution in [0.15, 0.2) is 29.8 Å². The summed E-state index contributed by atoms with van der Waals surface area (Å²) in [5, 5.41) is 2.87. The van der Waals surface area contributed by atoms with Gasteiger partial charge in [0.15, 0.2) is 16.5 Å². The van der Waals surface area contributed by atoms with Crippen molar-refractivity contribution >= 4 is 33.4 Å². The van der Waals surface area contributed by atoms with Gasteiger partial charge in [0.05, 0.1) is 16.3 Å². The first-order valence-electron chi connectivity index (χ1n) is 9.56. The molecule has 0 saturated heterocycles. The van der Waals surface area contributed by atoms with Crippen molar-refractivity contribution in [3.63, 3.8) is 0 Å². The molecule has 6 nitrogen and oxygen atoms in total. The fourth-order valence-electron chi connectivity index (χ4n) is 3.70.